The van der Waals surface area contributed by atoms with E-state index in [2.05, 4.69) is 62.6 Å². The first-order chi connectivity index (χ1) is 10.5. The molecule has 22 heavy (non-hydrogen) atoms. The smallest absolute Gasteiger partial charge is 0.226 e. The number of nitrogens with one attached hydrogen (secondary N) is 2. The van der Waals surface area contributed by atoms with E-state index in [4.69, 9.17) is 9.47 Å². The molecule has 0 aliphatic carbocycles. The van der Waals surface area contributed by atoms with E-state index in [1.54, 1.807) is 0 Å². The van der Waals surface area contributed by atoms with Crippen molar-refractivity contribution in [2.75, 3.05) is 10.6 Å². The summed E-state index contributed by atoms with van der Waals surface area (Å²) in [4.78, 5) is 0. The van der Waals surface area contributed by atoms with Crippen LogP contribution in [0.2, 0.25) is 0 Å². The van der Waals surface area contributed by atoms with Crippen LogP contribution in [0, 0.1) is 27.7 Å². The van der Waals surface area contributed by atoms with Crippen molar-refractivity contribution in [1.29, 1.82) is 0 Å². The highest BCUT2D eigenvalue weighted by molar-refractivity contribution is 5.68. The third-order valence-corrected chi connectivity index (χ3v) is 4.20. The van der Waals surface area contributed by atoms with Crippen LogP contribution in [0.5, 0.6) is 11.5 Å². The summed E-state index contributed by atoms with van der Waals surface area (Å²) in [6, 6.07) is 8.49. The van der Waals surface area contributed by atoms with Gasteiger partial charge in [-0.3, -0.25) is 0 Å². The van der Waals surface area contributed by atoms with Crippen LogP contribution in [0.1, 0.15) is 22.3 Å². The predicted octanol–water partition coefficient (Wildman–Crippen LogP) is 3.88. The van der Waals surface area contributed by atoms with Gasteiger partial charge in [-0.25, -0.2) is 0 Å². The molecule has 0 amide bonds. The first-order valence-electron chi connectivity index (χ1n) is 7.60. The Labute approximate surface area is 130 Å². The fraction of sp³-hybridized carbons (Fsp3) is 0.333. The lowest BCUT2D eigenvalue weighted by molar-refractivity contribution is 0.112. The molecule has 2 aromatic carbocycles. The fourth-order valence-electron chi connectivity index (χ4n) is 3.33. The molecule has 4 rings (SSSR count). The molecule has 0 radical (unpaired) electrons. The molecule has 2 aliphatic heterocycles. The van der Waals surface area contributed by atoms with E-state index in [0.29, 0.717) is 0 Å². The maximum absolute atomic E-state index is 6.08. The van der Waals surface area contributed by atoms with Crippen LogP contribution < -0.4 is 20.1 Å². The highest BCUT2D eigenvalue weighted by Crippen LogP contribution is 2.41. The summed E-state index contributed by atoms with van der Waals surface area (Å²) in [6.07, 6.45) is -0.467. The van der Waals surface area contributed by atoms with E-state index >= 15 is 0 Å². The number of hydrogen-bond acceptors (Lipinski definition) is 4. The molecule has 0 spiro atoms. The Morgan fingerprint density at radius 1 is 0.682 bits per heavy atom. The minimum absolute atomic E-state index is 0.234. The lowest BCUT2D eigenvalue weighted by atomic mass is 10.1. The van der Waals surface area contributed by atoms with Gasteiger partial charge in [0.05, 0.1) is 11.4 Å². The Bertz CT molecular complexity index is 705. The average molecular weight is 296 g/mol. The zero-order valence-corrected chi connectivity index (χ0v) is 13.3. The monoisotopic (exact) mass is 296 g/mol. The van der Waals surface area contributed by atoms with Gasteiger partial charge in [-0.1, -0.05) is 12.1 Å². The first kappa shape index (κ1) is 13.3. The van der Waals surface area contributed by atoms with E-state index in [0.717, 1.165) is 34.0 Å². The number of rotatable bonds is 1. The third kappa shape index (κ3) is 1.98. The molecule has 2 unspecified atom stereocenters. The van der Waals surface area contributed by atoms with Crippen molar-refractivity contribution >= 4 is 11.4 Å². The van der Waals surface area contributed by atoms with Crippen molar-refractivity contribution in [3.63, 3.8) is 0 Å². The maximum Gasteiger partial charge on any atom is 0.226 e. The topological polar surface area (TPSA) is 42.5 Å². The summed E-state index contributed by atoms with van der Waals surface area (Å²) in [5.41, 5.74) is 6.82. The molecule has 2 aliphatic rings. The van der Waals surface area contributed by atoms with Gasteiger partial charge in [0.1, 0.15) is 11.5 Å². The molecular formula is C18H20N2O2. The summed E-state index contributed by atoms with van der Waals surface area (Å²) in [5.74, 6) is 1.84. The highest BCUT2D eigenvalue weighted by atomic mass is 16.6. The van der Waals surface area contributed by atoms with Gasteiger partial charge >= 0.3 is 0 Å². The van der Waals surface area contributed by atoms with Crippen molar-refractivity contribution in [2.24, 2.45) is 0 Å². The van der Waals surface area contributed by atoms with E-state index < -0.39 is 0 Å². The van der Waals surface area contributed by atoms with Gasteiger partial charge in [0.25, 0.3) is 0 Å². The Morgan fingerprint density at radius 3 is 1.50 bits per heavy atom. The van der Waals surface area contributed by atoms with Gasteiger partial charge in [0.2, 0.25) is 12.5 Å². The molecule has 0 saturated heterocycles. The van der Waals surface area contributed by atoms with Gasteiger partial charge in [0.15, 0.2) is 0 Å². The molecule has 0 saturated carbocycles. The number of ether oxygens (including phenoxy) is 2. The van der Waals surface area contributed by atoms with E-state index in [1.165, 1.54) is 11.1 Å². The summed E-state index contributed by atoms with van der Waals surface area (Å²) >= 11 is 0. The quantitative estimate of drug-likeness (QED) is 0.838. The Hall–Kier alpha value is -2.36. The van der Waals surface area contributed by atoms with Crippen molar-refractivity contribution in [1.82, 2.24) is 0 Å². The fourth-order valence-corrected chi connectivity index (χ4v) is 3.33. The summed E-state index contributed by atoms with van der Waals surface area (Å²) < 4.78 is 12.2. The van der Waals surface area contributed by atoms with Crippen LogP contribution in [0.15, 0.2) is 24.3 Å². The summed E-state index contributed by atoms with van der Waals surface area (Å²) in [6.45, 7) is 8.32. The minimum Gasteiger partial charge on any atom is -0.462 e. The van der Waals surface area contributed by atoms with E-state index in [9.17, 15) is 0 Å². The Kier molecular flexibility index (Phi) is 2.76. The van der Waals surface area contributed by atoms with Crippen LogP contribution in [0.3, 0.4) is 0 Å². The van der Waals surface area contributed by atoms with Crippen LogP contribution in [0.4, 0.5) is 11.4 Å². The maximum atomic E-state index is 6.08. The molecule has 2 heterocycles. The predicted molar refractivity (Wildman–Crippen MR) is 87.9 cm³/mol. The van der Waals surface area contributed by atoms with Crippen molar-refractivity contribution in [3.8, 4) is 11.5 Å². The Balaban J connectivity index is 1.59. The van der Waals surface area contributed by atoms with Crippen LogP contribution in [-0.2, 0) is 0 Å². The second-order valence-corrected chi connectivity index (χ2v) is 6.28. The molecule has 0 aromatic heterocycles. The van der Waals surface area contributed by atoms with Gasteiger partial charge < -0.3 is 20.1 Å². The molecule has 2 atom stereocenters. The molecular weight excluding hydrogens is 276 g/mol. The highest BCUT2D eigenvalue weighted by Gasteiger charge is 2.37. The summed E-state index contributed by atoms with van der Waals surface area (Å²) in [5, 5.41) is 6.83. The van der Waals surface area contributed by atoms with Crippen LogP contribution in [0.25, 0.3) is 0 Å². The van der Waals surface area contributed by atoms with Crippen molar-refractivity contribution in [2.45, 2.75) is 40.2 Å². The molecule has 114 valence electrons. The van der Waals surface area contributed by atoms with Crippen LogP contribution in [-0.4, -0.2) is 12.5 Å². The lowest BCUT2D eigenvalue weighted by Crippen LogP contribution is -2.41. The lowest BCUT2D eigenvalue weighted by Gasteiger charge is -2.19. The molecule has 4 nitrogen and oxygen atoms in total. The number of anilines is 2. The molecule has 0 fully saturated rings. The number of aryl methyl sites for hydroxylation is 4. The summed E-state index contributed by atoms with van der Waals surface area (Å²) in [7, 11) is 0. The zero-order chi connectivity index (χ0) is 15.4. The average Bonchev–Trinajstić information content (AvgIpc) is 3.01. The first-order valence-corrected chi connectivity index (χ1v) is 7.60. The van der Waals surface area contributed by atoms with Gasteiger partial charge in [0, 0.05) is 0 Å². The van der Waals surface area contributed by atoms with E-state index in [-0.39, 0.29) is 12.5 Å². The second-order valence-electron chi connectivity index (χ2n) is 6.28. The molecule has 4 heteroatoms. The second kappa shape index (κ2) is 4.57. The van der Waals surface area contributed by atoms with Gasteiger partial charge in [-0.15, -0.1) is 0 Å². The van der Waals surface area contributed by atoms with Crippen molar-refractivity contribution < 1.29 is 9.47 Å². The molecule has 0 bridgehead atoms. The Morgan fingerprint density at radius 2 is 1.09 bits per heavy atom. The largest absolute Gasteiger partial charge is 0.462 e. The zero-order valence-electron chi connectivity index (χ0n) is 13.3. The number of benzene rings is 2. The molecule has 2 N–H and O–H groups in total. The van der Waals surface area contributed by atoms with Gasteiger partial charge in [-0.2, -0.15) is 0 Å². The SMILES string of the molecule is Cc1cc(C)c2c(c1)NC(C1Nc3cc(C)cc(C)c3O1)O2. The standard InChI is InChI=1S/C18H20N2O2/c1-9-5-11(3)15-13(7-9)19-17(21-15)18-20-14-8-10(2)6-12(4)16(14)22-18/h5-8,17-20H,1-4H3. The van der Waals surface area contributed by atoms with Crippen molar-refractivity contribution in [3.05, 3.63) is 46.5 Å². The van der Waals surface area contributed by atoms with E-state index in [1.807, 2.05) is 0 Å². The number of hydrogen-bond donors (Lipinski definition) is 2. The normalized spacial score (nSPS) is 21.3. The third-order valence-electron chi connectivity index (χ3n) is 4.20. The number of fused-ring (bicyclic) bond motifs is 2. The van der Waals surface area contributed by atoms with Gasteiger partial charge in [-0.05, 0) is 62.1 Å². The molecule has 2 aromatic rings. The van der Waals surface area contributed by atoms with Crippen LogP contribution >= 0.6 is 0 Å². The minimum atomic E-state index is -0.234.